The minimum absolute atomic E-state index is 0. The van der Waals surface area contributed by atoms with Gasteiger partial charge in [-0.05, 0) is 23.9 Å². The van der Waals surface area contributed by atoms with Crippen LogP contribution in [0.25, 0.3) is 10.8 Å². The molecule has 0 radical (unpaired) electrons. The molecule has 0 atom stereocenters. The molecule has 0 aliphatic carbocycles. The summed E-state index contributed by atoms with van der Waals surface area (Å²) in [4.78, 5) is 0. The molecule has 3 nitrogen and oxygen atoms in total. The van der Waals surface area contributed by atoms with Crippen LogP contribution >= 0.6 is 12.4 Å². The monoisotopic (exact) mass is 262 g/mol. The predicted octanol–water partition coefficient (Wildman–Crippen LogP) is 2.88. The van der Waals surface area contributed by atoms with E-state index in [1.807, 2.05) is 37.4 Å². The number of hydrogen-bond donors (Lipinski definition) is 1. The third-order valence-corrected chi connectivity index (χ3v) is 2.64. The van der Waals surface area contributed by atoms with Crippen LogP contribution in [0.2, 0.25) is 0 Å². The summed E-state index contributed by atoms with van der Waals surface area (Å²) in [6, 6.07) is 14.1. The molecule has 2 aromatic rings. The molecule has 0 amide bonds. The number of nitrogens with zero attached hydrogens (tertiary/aromatic N) is 1. The highest BCUT2D eigenvalue weighted by Gasteiger charge is 2.07. The van der Waals surface area contributed by atoms with Gasteiger partial charge in [-0.25, -0.2) is 0 Å². The van der Waals surface area contributed by atoms with Crippen LogP contribution in [0.4, 0.5) is 0 Å². The van der Waals surface area contributed by atoms with Crippen molar-refractivity contribution in [3.63, 3.8) is 0 Å². The molecule has 0 heterocycles. The number of halogens is 1. The predicted molar refractivity (Wildman–Crippen MR) is 75.1 cm³/mol. The molecular formula is C14H15ClN2O. The maximum atomic E-state index is 8.57. The highest BCUT2D eigenvalue weighted by molar-refractivity contribution is 5.87. The highest BCUT2D eigenvalue weighted by Crippen LogP contribution is 2.27. The Bertz CT molecular complexity index is 563. The lowest BCUT2D eigenvalue weighted by Crippen LogP contribution is -2.08. The fourth-order valence-corrected chi connectivity index (χ4v) is 1.92. The fourth-order valence-electron chi connectivity index (χ4n) is 1.92. The number of fused-ring (bicyclic) bond motifs is 1. The van der Waals surface area contributed by atoms with Crippen molar-refractivity contribution in [3.8, 4) is 11.8 Å². The van der Waals surface area contributed by atoms with Crippen LogP contribution in [-0.2, 0) is 6.54 Å². The van der Waals surface area contributed by atoms with E-state index < -0.39 is 0 Å². The second kappa shape index (κ2) is 6.85. The quantitative estimate of drug-likeness (QED) is 0.922. The number of nitriles is 1. The van der Waals surface area contributed by atoms with Gasteiger partial charge in [-0.1, -0.05) is 30.3 Å². The molecule has 0 bridgehead atoms. The third kappa shape index (κ3) is 2.92. The van der Waals surface area contributed by atoms with Gasteiger partial charge in [0.15, 0.2) is 6.61 Å². The Labute approximate surface area is 113 Å². The summed E-state index contributed by atoms with van der Waals surface area (Å²) in [5.74, 6) is 0.777. The number of nitrogens with one attached hydrogen (secondary N) is 1. The SMILES string of the molecule is CNCc1c(OCC#N)ccc2ccccc12.Cl. The molecule has 0 aliphatic rings. The first-order valence-corrected chi connectivity index (χ1v) is 5.52. The van der Waals surface area contributed by atoms with E-state index in [2.05, 4.69) is 17.4 Å². The lowest BCUT2D eigenvalue weighted by atomic mass is 10.0. The van der Waals surface area contributed by atoms with Gasteiger partial charge in [0.1, 0.15) is 11.8 Å². The van der Waals surface area contributed by atoms with Crippen molar-refractivity contribution in [1.29, 1.82) is 5.26 Å². The van der Waals surface area contributed by atoms with E-state index in [1.54, 1.807) is 0 Å². The second-order valence-corrected chi connectivity index (χ2v) is 3.74. The average molecular weight is 263 g/mol. The summed E-state index contributed by atoms with van der Waals surface area (Å²) in [6.07, 6.45) is 0. The van der Waals surface area contributed by atoms with Crippen LogP contribution in [0, 0.1) is 11.3 Å². The van der Waals surface area contributed by atoms with Gasteiger partial charge >= 0.3 is 0 Å². The highest BCUT2D eigenvalue weighted by atomic mass is 35.5. The molecule has 1 N–H and O–H groups in total. The summed E-state index contributed by atoms with van der Waals surface area (Å²) in [5, 5.41) is 14.0. The van der Waals surface area contributed by atoms with Gasteiger partial charge in [0.2, 0.25) is 0 Å². The maximum absolute atomic E-state index is 8.57. The van der Waals surface area contributed by atoms with Crippen molar-refractivity contribution < 1.29 is 4.74 Å². The zero-order valence-electron chi connectivity index (χ0n) is 10.1. The van der Waals surface area contributed by atoms with Crippen molar-refractivity contribution in [2.24, 2.45) is 0 Å². The minimum Gasteiger partial charge on any atom is -0.478 e. The average Bonchev–Trinajstić information content (AvgIpc) is 2.38. The van der Waals surface area contributed by atoms with E-state index in [0.29, 0.717) is 0 Å². The molecule has 0 spiro atoms. The van der Waals surface area contributed by atoms with Gasteiger partial charge in [-0.2, -0.15) is 5.26 Å². The first-order chi connectivity index (χ1) is 8.36. The van der Waals surface area contributed by atoms with Gasteiger partial charge in [0, 0.05) is 12.1 Å². The third-order valence-electron chi connectivity index (χ3n) is 2.64. The molecule has 0 unspecified atom stereocenters. The number of hydrogen-bond acceptors (Lipinski definition) is 3. The number of rotatable bonds is 4. The van der Waals surface area contributed by atoms with Crippen molar-refractivity contribution in [3.05, 3.63) is 42.0 Å². The van der Waals surface area contributed by atoms with Crippen molar-refractivity contribution in [2.45, 2.75) is 6.54 Å². The standard InChI is InChI=1S/C14H14N2O.ClH/c1-16-10-13-12-5-3-2-4-11(12)6-7-14(13)17-9-8-15;/h2-7,16H,9-10H2,1H3;1H. The normalized spacial score (nSPS) is 9.56. The molecule has 0 aliphatic heterocycles. The van der Waals surface area contributed by atoms with Gasteiger partial charge in [-0.3, -0.25) is 0 Å². The molecule has 2 aromatic carbocycles. The lowest BCUT2D eigenvalue weighted by molar-refractivity contribution is 0.364. The minimum atomic E-state index is 0. The van der Waals surface area contributed by atoms with Gasteiger partial charge < -0.3 is 10.1 Å². The van der Waals surface area contributed by atoms with Crippen LogP contribution in [0.15, 0.2) is 36.4 Å². The van der Waals surface area contributed by atoms with E-state index in [0.717, 1.165) is 23.2 Å². The second-order valence-electron chi connectivity index (χ2n) is 3.74. The molecule has 0 aromatic heterocycles. The van der Waals surface area contributed by atoms with Gasteiger partial charge in [-0.15, -0.1) is 12.4 Å². The molecule has 0 saturated carbocycles. The zero-order chi connectivity index (χ0) is 12.1. The summed E-state index contributed by atoms with van der Waals surface area (Å²) < 4.78 is 5.45. The van der Waals surface area contributed by atoms with Crippen LogP contribution in [0.5, 0.6) is 5.75 Å². The van der Waals surface area contributed by atoms with Gasteiger partial charge in [0.25, 0.3) is 0 Å². The smallest absolute Gasteiger partial charge is 0.174 e. The van der Waals surface area contributed by atoms with Crippen LogP contribution in [0.3, 0.4) is 0 Å². The molecular weight excluding hydrogens is 248 g/mol. The van der Waals surface area contributed by atoms with Crippen LogP contribution in [0.1, 0.15) is 5.56 Å². The summed E-state index contributed by atoms with van der Waals surface area (Å²) in [7, 11) is 1.90. The molecule has 2 rings (SSSR count). The molecule has 0 saturated heterocycles. The molecule has 94 valence electrons. The zero-order valence-corrected chi connectivity index (χ0v) is 11.0. The van der Waals surface area contributed by atoms with Crippen LogP contribution in [-0.4, -0.2) is 13.7 Å². The van der Waals surface area contributed by atoms with Crippen molar-refractivity contribution in [2.75, 3.05) is 13.7 Å². The summed E-state index contributed by atoms with van der Waals surface area (Å²) >= 11 is 0. The molecule has 0 fully saturated rings. The Balaban J connectivity index is 0.00000162. The van der Waals surface area contributed by atoms with Crippen molar-refractivity contribution in [1.82, 2.24) is 5.32 Å². The molecule has 18 heavy (non-hydrogen) atoms. The topological polar surface area (TPSA) is 45.0 Å². The Morgan fingerprint density at radius 2 is 2.00 bits per heavy atom. The van der Waals surface area contributed by atoms with Gasteiger partial charge in [0.05, 0.1) is 0 Å². The number of ether oxygens (including phenoxy) is 1. The number of benzene rings is 2. The first kappa shape index (κ1) is 14.3. The van der Waals surface area contributed by atoms with Crippen molar-refractivity contribution >= 4 is 23.2 Å². The maximum Gasteiger partial charge on any atom is 0.174 e. The lowest BCUT2D eigenvalue weighted by Gasteiger charge is -2.12. The van der Waals surface area contributed by atoms with E-state index in [1.165, 1.54) is 5.39 Å². The van der Waals surface area contributed by atoms with E-state index >= 15 is 0 Å². The Hall–Kier alpha value is -1.76. The summed E-state index contributed by atoms with van der Waals surface area (Å²) in [5.41, 5.74) is 1.10. The van der Waals surface area contributed by atoms with Crippen LogP contribution < -0.4 is 10.1 Å². The largest absolute Gasteiger partial charge is 0.478 e. The van der Waals surface area contributed by atoms with E-state index in [9.17, 15) is 0 Å². The molecule has 4 heteroatoms. The first-order valence-electron chi connectivity index (χ1n) is 5.52. The summed E-state index contributed by atoms with van der Waals surface area (Å²) in [6.45, 7) is 0.803. The Morgan fingerprint density at radius 3 is 2.72 bits per heavy atom. The van der Waals surface area contributed by atoms with E-state index in [-0.39, 0.29) is 19.0 Å². The Kier molecular flexibility index (Phi) is 5.44. The fraction of sp³-hybridized carbons (Fsp3) is 0.214. The Morgan fingerprint density at radius 1 is 1.22 bits per heavy atom. The van der Waals surface area contributed by atoms with E-state index in [4.69, 9.17) is 10.00 Å².